The van der Waals surface area contributed by atoms with E-state index in [9.17, 15) is 4.79 Å². The molecule has 1 unspecified atom stereocenters. The quantitative estimate of drug-likeness (QED) is 0.555. The summed E-state index contributed by atoms with van der Waals surface area (Å²) in [4.78, 5) is 14.6. The van der Waals surface area contributed by atoms with Crippen molar-refractivity contribution < 1.29 is 18.8 Å². The number of carbonyl (C=O) groups is 1. The van der Waals surface area contributed by atoms with Gasteiger partial charge in [0.05, 0.1) is 23.1 Å². The third kappa shape index (κ3) is 5.48. The highest BCUT2D eigenvalue weighted by Gasteiger charge is 2.27. The standard InChI is InChI=1S/C20H21N5O3S/c1-14(19(26)22-16-7-5-15(12-21)6-8-16)25(9-10-27-2)13-18-23-24-20(28-18)17-4-3-11-29-17/h3-8,11,14H,9-10,13H2,1-2H3,(H,22,26)/p+1/t14-/m0/s1. The molecule has 2 N–H and O–H groups in total. The number of hydrogen-bond acceptors (Lipinski definition) is 7. The number of carbonyl (C=O) groups excluding carboxylic acids is 1. The normalized spacial score (nSPS) is 12.9. The summed E-state index contributed by atoms with van der Waals surface area (Å²) in [5.41, 5.74) is 1.19. The number of rotatable bonds is 9. The number of anilines is 1. The summed E-state index contributed by atoms with van der Waals surface area (Å²) < 4.78 is 11.0. The van der Waals surface area contributed by atoms with Crippen LogP contribution in [0, 0.1) is 11.3 Å². The van der Waals surface area contributed by atoms with Gasteiger partial charge in [0.15, 0.2) is 12.6 Å². The summed E-state index contributed by atoms with van der Waals surface area (Å²) in [6.07, 6.45) is 0. The van der Waals surface area contributed by atoms with Crippen LogP contribution in [0.3, 0.4) is 0 Å². The fraction of sp³-hybridized carbons (Fsp3) is 0.300. The average molecular weight is 412 g/mol. The number of quaternary nitrogens is 1. The van der Waals surface area contributed by atoms with E-state index < -0.39 is 0 Å². The number of amides is 1. The summed E-state index contributed by atoms with van der Waals surface area (Å²) in [6.45, 7) is 3.36. The maximum atomic E-state index is 12.8. The van der Waals surface area contributed by atoms with Crippen LogP contribution in [0.25, 0.3) is 10.8 Å². The van der Waals surface area contributed by atoms with E-state index in [1.54, 1.807) is 31.4 Å². The molecule has 0 saturated carbocycles. The van der Waals surface area contributed by atoms with Gasteiger partial charge in [-0.3, -0.25) is 4.79 Å². The van der Waals surface area contributed by atoms with E-state index >= 15 is 0 Å². The molecule has 0 saturated heterocycles. The molecule has 9 heteroatoms. The lowest BCUT2D eigenvalue weighted by molar-refractivity contribution is -0.929. The molecule has 2 atom stereocenters. The summed E-state index contributed by atoms with van der Waals surface area (Å²) in [5.74, 6) is 0.812. The van der Waals surface area contributed by atoms with Crippen molar-refractivity contribution in [1.82, 2.24) is 10.2 Å². The molecule has 3 aromatic rings. The largest absolute Gasteiger partial charge is 0.414 e. The molecule has 0 bridgehead atoms. The van der Waals surface area contributed by atoms with Gasteiger partial charge in [-0.15, -0.1) is 21.5 Å². The van der Waals surface area contributed by atoms with Crippen LogP contribution in [0.15, 0.2) is 46.2 Å². The summed E-state index contributed by atoms with van der Waals surface area (Å²) in [7, 11) is 1.63. The second kappa shape index (κ2) is 9.93. The minimum absolute atomic E-state index is 0.140. The zero-order valence-corrected chi connectivity index (χ0v) is 17.0. The first-order valence-corrected chi connectivity index (χ1v) is 9.99. The number of methoxy groups -OCH3 is 1. The molecular weight excluding hydrogens is 390 g/mol. The first kappa shape index (κ1) is 20.7. The Morgan fingerprint density at radius 3 is 2.79 bits per heavy atom. The van der Waals surface area contributed by atoms with E-state index in [2.05, 4.69) is 21.6 Å². The van der Waals surface area contributed by atoms with Crippen molar-refractivity contribution in [1.29, 1.82) is 5.26 Å². The SMILES string of the molecule is COCC[NH+](Cc1nnc(-c2cccs2)o1)[C@@H](C)C(=O)Nc1ccc(C#N)cc1. The van der Waals surface area contributed by atoms with Crippen molar-refractivity contribution in [2.24, 2.45) is 0 Å². The molecule has 1 aromatic carbocycles. The van der Waals surface area contributed by atoms with Gasteiger partial charge >= 0.3 is 0 Å². The maximum Gasteiger partial charge on any atom is 0.282 e. The molecule has 29 heavy (non-hydrogen) atoms. The van der Waals surface area contributed by atoms with Crippen LogP contribution in [-0.4, -0.2) is 42.4 Å². The number of benzene rings is 1. The Morgan fingerprint density at radius 2 is 2.14 bits per heavy atom. The van der Waals surface area contributed by atoms with Crippen LogP contribution in [0.4, 0.5) is 5.69 Å². The monoisotopic (exact) mass is 412 g/mol. The van der Waals surface area contributed by atoms with Crippen molar-refractivity contribution in [2.45, 2.75) is 19.5 Å². The molecule has 1 amide bonds. The number of nitrogens with one attached hydrogen (secondary N) is 2. The lowest BCUT2D eigenvalue weighted by atomic mass is 10.2. The Balaban J connectivity index is 1.67. The fourth-order valence-corrected chi connectivity index (χ4v) is 3.42. The zero-order chi connectivity index (χ0) is 20.6. The van der Waals surface area contributed by atoms with Crippen molar-refractivity contribution in [3.8, 4) is 16.8 Å². The first-order valence-electron chi connectivity index (χ1n) is 9.11. The predicted octanol–water partition coefficient (Wildman–Crippen LogP) is 1.73. The minimum atomic E-state index is -0.377. The highest BCUT2D eigenvalue weighted by atomic mass is 32.1. The Morgan fingerprint density at radius 1 is 1.34 bits per heavy atom. The van der Waals surface area contributed by atoms with Crippen molar-refractivity contribution >= 4 is 22.9 Å². The molecule has 2 aromatic heterocycles. The molecule has 0 fully saturated rings. The Bertz CT molecular complexity index is 963. The lowest BCUT2D eigenvalue weighted by Gasteiger charge is -2.23. The minimum Gasteiger partial charge on any atom is -0.414 e. The van der Waals surface area contributed by atoms with Crippen LogP contribution >= 0.6 is 11.3 Å². The van der Waals surface area contributed by atoms with E-state index in [0.717, 1.165) is 9.78 Å². The number of nitriles is 1. The van der Waals surface area contributed by atoms with E-state index in [1.165, 1.54) is 11.3 Å². The van der Waals surface area contributed by atoms with Crippen LogP contribution in [-0.2, 0) is 16.1 Å². The topological polar surface area (TPSA) is 105 Å². The van der Waals surface area contributed by atoms with E-state index in [1.807, 2.05) is 24.4 Å². The first-order chi connectivity index (χ1) is 14.1. The van der Waals surface area contributed by atoms with Gasteiger partial charge in [0.25, 0.3) is 17.7 Å². The number of thiophene rings is 1. The van der Waals surface area contributed by atoms with E-state index in [0.29, 0.717) is 42.7 Å². The van der Waals surface area contributed by atoms with Gasteiger partial charge in [0.2, 0.25) is 0 Å². The number of ether oxygens (including phenoxy) is 1. The highest BCUT2D eigenvalue weighted by molar-refractivity contribution is 7.13. The summed E-state index contributed by atoms with van der Waals surface area (Å²) in [6, 6.07) is 12.3. The van der Waals surface area contributed by atoms with Gasteiger partial charge in [-0.2, -0.15) is 5.26 Å². The van der Waals surface area contributed by atoms with Crippen LogP contribution in [0.5, 0.6) is 0 Å². The van der Waals surface area contributed by atoms with Crippen molar-refractivity contribution in [3.05, 3.63) is 53.2 Å². The third-order valence-electron chi connectivity index (χ3n) is 4.49. The van der Waals surface area contributed by atoms with Gasteiger partial charge in [-0.25, -0.2) is 0 Å². The highest BCUT2D eigenvalue weighted by Crippen LogP contribution is 2.22. The number of hydrogen-bond donors (Lipinski definition) is 2. The van der Waals surface area contributed by atoms with E-state index in [4.69, 9.17) is 14.4 Å². The third-order valence-corrected chi connectivity index (χ3v) is 5.35. The van der Waals surface area contributed by atoms with Gasteiger partial charge in [-0.05, 0) is 42.6 Å². The van der Waals surface area contributed by atoms with E-state index in [-0.39, 0.29) is 11.9 Å². The van der Waals surface area contributed by atoms with Gasteiger partial charge in [0.1, 0.15) is 6.54 Å². The number of aromatic nitrogens is 2. The van der Waals surface area contributed by atoms with Crippen molar-refractivity contribution in [2.75, 3.05) is 25.6 Å². The molecular formula is C20H22N5O3S+. The second-order valence-corrected chi connectivity index (χ2v) is 7.40. The molecule has 0 aliphatic rings. The number of nitrogens with zero attached hydrogens (tertiary/aromatic N) is 3. The van der Waals surface area contributed by atoms with Crippen LogP contribution < -0.4 is 10.2 Å². The molecule has 2 heterocycles. The van der Waals surface area contributed by atoms with Gasteiger partial charge in [0, 0.05) is 12.8 Å². The van der Waals surface area contributed by atoms with Gasteiger partial charge < -0.3 is 19.4 Å². The molecule has 0 radical (unpaired) electrons. The Labute approximate surface area is 172 Å². The second-order valence-electron chi connectivity index (χ2n) is 6.46. The van der Waals surface area contributed by atoms with Crippen molar-refractivity contribution in [3.63, 3.8) is 0 Å². The summed E-state index contributed by atoms with van der Waals surface area (Å²) >= 11 is 1.53. The summed E-state index contributed by atoms with van der Waals surface area (Å²) in [5, 5.41) is 22.0. The molecule has 0 aliphatic heterocycles. The smallest absolute Gasteiger partial charge is 0.282 e. The zero-order valence-electron chi connectivity index (χ0n) is 16.2. The average Bonchev–Trinajstić information content (AvgIpc) is 3.43. The predicted molar refractivity (Wildman–Crippen MR) is 108 cm³/mol. The molecule has 0 spiro atoms. The van der Waals surface area contributed by atoms with Crippen LogP contribution in [0.1, 0.15) is 18.4 Å². The Hall–Kier alpha value is -3.06. The fourth-order valence-electron chi connectivity index (χ4n) is 2.77. The molecule has 0 aliphatic carbocycles. The molecule has 3 rings (SSSR count). The van der Waals surface area contributed by atoms with Gasteiger partial charge in [-0.1, -0.05) is 6.07 Å². The molecule has 150 valence electrons. The lowest BCUT2D eigenvalue weighted by Crippen LogP contribution is -3.15. The Kier molecular flexibility index (Phi) is 7.08. The maximum absolute atomic E-state index is 12.8. The molecule has 8 nitrogen and oxygen atoms in total. The van der Waals surface area contributed by atoms with Crippen LogP contribution in [0.2, 0.25) is 0 Å².